The van der Waals surface area contributed by atoms with Crippen molar-refractivity contribution in [3.63, 3.8) is 0 Å². The molecule has 0 bridgehead atoms. The highest BCUT2D eigenvalue weighted by Crippen LogP contribution is 2.21. The molecule has 0 aliphatic rings. The number of nitrogens with one attached hydrogen (secondary N) is 2. The molecule has 6 nitrogen and oxygen atoms in total. The van der Waals surface area contributed by atoms with Crippen molar-refractivity contribution >= 4 is 22.5 Å². The number of imidazole rings is 1. The van der Waals surface area contributed by atoms with Crippen molar-refractivity contribution in [2.75, 3.05) is 5.32 Å². The molecule has 0 fully saturated rings. The molecular weight excluding hydrogens is 328 g/mol. The molecular formula is C20H16N4O2. The molecule has 0 spiro atoms. The number of nitrogens with zero attached hydrogens (tertiary/aromatic N) is 2. The zero-order valence-electron chi connectivity index (χ0n) is 13.8. The SMILES string of the molecule is O=C(Nc1cccc2cccnc12)c1c[nH]c(=O)n1Cc1ccccc1. The summed E-state index contributed by atoms with van der Waals surface area (Å²) in [6.07, 6.45) is 3.11. The average molecular weight is 344 g/mol. The van der Waals surface area contributed by atoms with Crippen LogP contribution in [0.25, 0.3) is 10.9 Å². The summed E-state index contributed by atoms with van der Waals surface area (Å²) < 4.78 is 1.42. The lowest BCUT2D eigenvalue weighted by Gasteiger charge is -2.10. The largest absolute Gasteiger partial charge is 0.326 e. The predicted octanol–water partition coefficient (Wildman–Crippen LogP) is 3.03. The first kappa shape index (κ1) is 15.8. The van der Waals surface area contributed by atoms with Gasteiger partial charge in [0, 0.05) is 17.8 Å². The van der Waals surface area contributed by atoms with Crippen LogP contribution in [0.1, 0.15) is 16.1 Å². The standard InChI is InChI=1S/C20H16N4O2/c25-19(23-16-10-4-8-15-9-5-11-21-18(15)16)17-12-22-20(26)24(17)13-14-6-2-1-3-7-14/h1-12H,13H2,(H,22,26)(H,23,25). The van der Waals surface area contributed by atoms with Crippen LogP contribution in [0.2, 0.25) is 0 Å². The maximum atomic E-state index is 12.8. The van der Waals surface area contributed by atoms with Gasteiger partial charge in [-0.3, -0.25) is 14.3 Å². The van der Waals surface area contributed by atoms with E-state index in [0.29, 0.717) is 17.7 Å². The van der Waals surface area contributed by atoms with Gasteiger partial charge in [-0.25, -0.2) is 4.79 Å². The summed E-state index contributed by atoms with van der Waals surface area (Å²) in [5, 5.41) is 3.79. The normalized spacial score (nSPS) is 10.8. The quantitative estimate of drug-likeness (QED) is 0.597. The van der Waals surface area contributed by atoms with Gasteiger partial charge >= 0.3 is 5.69 Å². The Morgan fingerprint density at radius 1 is 1.04 bits per heavy atom. The van der Waals surface area contributed by atoms with E-state index in [1.165, 1.54) is 10.8 Å². The van der Waals surface area contributed by atoms with Crippen molar-refractivity contribution in [2.24, 2.45) is 0 Å². The highest BCUT2D eigenvalue weighted by Gasteiger charge is 2.16. The second kappa shape index (κ2) is 6.68. The van der Waals surface area contributed by atoms with Gasteiger partial charge in [0.05, 0.1) is 17.7 Å². The van der Waals surface area contributed by atoms with Crippen molar-refractivity contribution < 1.29 is 4.79 Å². The first-order chi connectivity index (χ1) is 12.7. The summed E-state index contributed by atoms with van der Waals surface area (Å²) >= 11 is 0. The number of aromatic nitrogens is 3. The molecule has 0 aliphatic carbocycles. The van der Waals surface area contributed by atoms with Crippen LogP contribution < -0.4 is 11.0 Å². The van der Waals surface area contributed by atoms with Crippen molar-refractivity contribution in [1.82, 2.24) is 14.5 Å². The number of carbonyl (C=O) groups excluding carboxylic acids is 1. The van der Waals surface area contributed by atoms with E-state index in [1.807, 2.05) is 54.6 Å². The lowest BCUT2D eigenvalue weighted by Crippen LogP contribution is -2.24. The molecule has 0 saturated carbocycles. The number of benzene rings is 2. The monoisotopic (exact) mass is 344 g/mol. The van der Waals surface area contributed by atoms with Gasteiger partial charge in [-0.1, -0.05) is 48.5 Å². The molecule has 0 saturated heterocycles. The minimum absolute atomic E-state index is 0.270. The summed E-state index contributed by atoms with van der Waals surface area (Å²) in [6.45, 7) is 0.319. The number of H-pyrrole nitrogens is 1. The summed E-state index contributed by atoms with van der Waals surface area (Å²) in [6, 6.07) is 18.9. The Balaban J connectivity index is 1.66. The summed E-state index contributed by atoms with van der Waals surface area (Å²) in [7, 11) is 0. The molecule has 0 aliphatic heterocycles. The van der Waals surface area contributed by atoms with E-state index in [9.17, 15) is 9.59 Å². The molecule has 6 heteroatoms. The van der Waals surface area contributed by atoms with Gasteiger partial charge < -0.3 is 10.3 Å². The van der Waals surface area contributed by atoms with Gasteiger partial charge in [-0.15, -0.1) is 0 Å². The van der Waals surface area contributed by atoms with Crippen LogP contribution in [0.15, 0.2) is 77.9 Å². The summed E-state index contributed by atoms with van der Waals surface area (Å²) in [4.78, 5) is 31.8. The maximum Gasteiger partial charge on any atom is 0.326 e. The summed E-state index contributed by atoms with van der Waals surface area (Å²) in [5.74, 6) is -0.363. The number of hydrogen-bond donors (Lipinski definition) is 2. The molecule has 2 aromatic heterocycles. The van der Waals surface area contributed by atoms with E-state index in [1.54, 1.807) is 12.3 Å². The maximum absolute atomic E-state index is 12.8. The third kappa shape index (κ3) is 3.00. The Kier molecular flexibility index (Phi) is 4.07. The summed E-state index contributed by atoms with van der Waals surface area (Å²) in [5.41, 5.74) is 2.20. The zero-order valence-corrected chi connectivity index (χ0v) is 13.8. The Morgan fingerprint density at radius 3 is 2.69 bits per heavy atom. The fraction of sp³-hybridized carbons (Fsp3) is 0.0500. The molecule has 26 heavy (non-hydrogen) atoms. The molecule has 0 unspecified atom stereocenters. The van der Waals surface area contributed by atoms with Crippen LogP contribution in [0, 0.1) is 0 Å². The van der Waals surface area contributed by atoms with Gasteiger partial charge in [0.15, 0.2) is 0 Å². The molecule has 1 amide bonds. The molecule has 4 rings (SSSR count). The van der Waals surface area contributed by atoms with Gasteiger partial charge in [0.1, 0.15) is 5.69 Å². The number of pyridine rings is 1. The number of carbonyl (C=O) groups is 1. The average Bonchev–Trinajstić information content (AvgIpc) is 3.03. The number of hydrogen-bond acceptors (Lipinski definition) is 3. The van der Waals surface area contributed by atoms with Crippen molar-refractivity contribution in [1.29, 1.82) is 0 Å². The van der Waals surface area contributed by atoms with Gasteiger partial charge in [-0.05, 0) is 17.7 Å². The number of anilines is 1. The van der Waals surface area contributed by atoms with E-state index in [-0.39, 0.29) is 17.3 Å². The number of amides is 1. The van der Waals surface area contributed by atoms with E-state index < -0.39 is 0 Å². The minimum Gasteiger partial charge on any atom is -0.319 e. The highest BCUT2D eigenvalue weighted by molar-refractivity contribution is 6.07. The second-order valence-corrected chi connectivity index (χ2v) is 5.89. The van der Waals surface area contributed by atoms with E-state index in [4.69, 9.17) is 0 Å². The zero-order chi connectivity index (χ0) is 17.9. The molecule has 0 atom stereocenters. The number of aromatic amines is 1. The molecule has 4 aromatic rings. The topological polar surface area (TPSA) is 79.8 Å². The van der Waals surface area contributed by atoms with E-state index in [0.717, 1.165) is 10.9 Å². The fourth-order valence-electron chi connectivity index (χ4n) is 2.90. The van der Waals surface area contributed by atoms with Gasteiger partial charge in [-0.2, -0.15) is 0 Å². The lowest BCUT2D eigenvalue weighted by molar-refractivity contribution is 0.101. The van der Waals surface area contributed by atoms with Crippen molar-refractivity contribution in [3.05, 3.63) is 94.8 Å². The van der Waals surface area contributed by atoms with E-state index >= 15 is 0 Å². The number of rotatable bonds is 4. The molecule has 0 radical (unpaired) electrons. The van der Waals surface area contributed by atoms with Crippen LogP contribution >= 0.6 is 0 Å². The van der Waals surface area contributed by atoms with Crippen LogP contribution in [0.5, 0.6) is 0 Å². The Labute approximate surface area is 149 Å². The number of para-hydroxylation sites is 1. The van der Waals surface area contributed by atoms with Gasteiger partial charge in [0.25, 0.3) is 5.91 Å². The first-order valence-corrected chi connectivity index (χ1v) is 8.19. The van der Waals surface area contributed by atoms with Crippen LogP contribution in [0.3, 0.4) is 0 Å². The third-order valence-corrected chi connectivity index (χ3v) is 4.17. The highest BCUT2D eigenvalue weighted by atomic mass is 16.2. The third-order valence-electron chi connectivity index (χ3n) is 4.17. The van der Waals surface area contributed by atoms with Crippen LogP contribution in [0.4, 0.5) is 5.69 Å². The Morgan fingerprint density at radius 2 is 1.85 bits per heavy atom. The number of fused-ring (bicyclic) bond motifs is 1. The minimum atomic E-state index is -0.363. The Bertz CT molecular complexity index is 1120. The fourth-order valence-corrected chi connectivity index (χ4v) is 2.90. The molecule has 2 heterocycles. The molecule has 128 valence electrons. The Hall–Kier alpha value is -3.67. The van der Waals surface area contributed by atoms with Crippen LogP contribution in [-0.4, -0.2) is 20.4 Å². The van der Waals surface area contributed by atoms with Crippen molar-refractivity contribution in [3.8, 4) is 0 Å². The predicted molar refractivity (Wildman–Crippen MR) is 100 cm³/mol. The second-order valence-electron chi connectivity index (χ2n) is 5.89. The van der Waals surface area contributed by atoms with E-state index in [2.05, 4.69) is 15.3 Å². The molecule has 2 N–H and O–H groups in total. The molecule has 2 aromatic carbocycles. The first-order valence-electron chi connectivity index (χ1n) is 8.19. The van der Waals surface area contributed by atoms with Gasteiger partial charge in [0.2, 0.25) is 0 Å². The van der Waals surface area contributed by atoms with Crippen LogP contribution in [-0.2, 0) is 6.54 Å². The van der Waals surface area contributed by atoms with Crippen molar-refractivity contribution in [2.45, 2.75) is 6.54 Å². The lowest BCUT2D eigenvalue weighted by atomic mass is 10.2. The smallest absolute Gasteiger partial charge is 0.319 e.